The molecule has 2 aromatic rings. The fraction of sp³-hybridized carbons (Fsp3) is 0.375. The number of hydrogen-bond donors (Lipinski definition) is 2. The Labute approximate surface area is 137 Å². The Morgan fingerprint density at radius 1 is 1.32 bits per heavy atom. The summed E-state index contributed by atoms with van der Waals surface area (Å²) in [5, 5.41) is 6.40. The number of hydrogen-bond acceptors (Lipinski definition) is 3. The van der Waals surface area contributed by atoms with Crippen LogP contribution in [0.3, 0.4) is 0 Å². The lowest BCUT2D eigenvalue weighted by atomic mass is 10.2. The third-order valence-electron chi connectivity index (χ3n) is 3.36. The first kappa shape index (κ1) is 16.5. The lowest BCUT2D eigenvalue weighted by Crippen LogP contribution is -2.35. The van der Waals surface area contributed by atoms with E-state index in [1.807, 2.05) is 26.0 Å². The molecule has 118 valence electrons. The van der Waals surface area contributed by atoms with E-state index in [1.54, 1.807) is 12.1 Å². The number of rotatable bonds is 6. The van der Waals surface area contributed by atoms with Crippen LogP contribution in [0.2, 0.25) is 0 Å². The van der Waals surface area contributed by atoms with Crippen LogP contribution in [0.15, 0.2) is 33.2 Å². The zero-order valence-electron chi connectivity index (χ0n) is 12.6. The molecule has 1 unspecified atom stereocenters. The standard InChI is InChI=1S/C16H19BrN2O3/c1-3-10(2)19-15(20)6-7-18-16(21)14-9-11-8-12(17)4-5-13(11)22-14/h4-5,8-10H,3,6-7H2,1-2H3,(H,18,21)(H,19,20). The molecule has 0 aliphatic heterocycles. The average Bonchev–Trinajstić information content (AvgIpc) is 2.90. The highest BCUT2D eigenvalue weighted by molar-refractivity contribution is 9.10. The second-order valence-electron chi connectivity index (χ2n) is 5.18. The van der Waals surface area contributed by atoms with Gasteiger partial charge in [0.05, 0.1) is 0 Å². The molecule has 0 aliphatic rings. The molecule has 0 aliphatic carbocycles. The summed E-state index contributed by atoms with van der Waals surface area (Å²) in [6.07, 6.45) is 1.13. The minimum Gasteiger partial charge on any atom is -0.451 e. The highest BCUT2D eigenvalue weighted by atomic mass is 79.9. The summed E-state index contributed by atoms with van der Waals surface area (Å²) in [5.74, 6) is -0.137. The highest BCUT2D eigenvalue weighted by Crippen LogP contribution is 2.23. The lowest BCUT2D eigenvalue weighted by Gasteiger charge is -2.11. The molecule has 2 rings (SSSR count). The van der Waals surface area contributed by atoms with Crippen molar-refractivity contribution in [3.63, 3.8) is 0 Å². The summed E-state index contributed by atoms with van der Waals surface area (Å²) < 4.78 is 6.42. The van der Waals surface area contributed by atoms with Crippen molar-refractivity contribution >= 4 is 38.7 Å². The fourth-order valence-corrected chi connectivity index (χ4v) is 2.33. The Bertz CT molecular complexity index is 681. The van der Waals surface area contributed by atoms with Gasteiger partial charge in [0.2, 0.25) is 5.91 Å². The molecular weight excluding hydrogens is 348 g/mol. The molecule has 5 nitrogen and oxygen atoms in total. The predicted molar refractivity (Wildman–Crippen MR) is 88.8 cm³/mol. The van der Waals surface area contributed by atoms with E-state index >= 15 is 0 Å². The Morgan fingerprint density at radius 3 is 2.82 bits per heavy atom. The number of benzene rings is 1. The number of halogens is 1. The topological polar surface area (TPSA) is 71.3 Å². The van der Waals surface area contributed by atoms with Crippen molar-refractivity contribution < 1.29 is 14.0 Å². The Kier molecular flexibility index (Phi) is 5.60. The minimum atomic E-state index is -0.316. The molecule has 2 N–H and O–H groups in total. The average molecular weight is 367 g/mol. The van der Waals surface area contributed by atoms with E-state index in [9.17, 15) is 9.59 Å². The smallest absolute Gasteiger partial charge is 0.287 e. The lowest BCUT2D eigenvalue weighted by molar-refractivity contribution is -0.121. The minimum absolute atomic E-state index is 0.0665. The van der Waals surface area contributed by atoms with Gasteiger partial charge in [-0.3, -0.25) is 9.59 Å². The molecule has 0 saturated carbocycles. The first-order valence-corrected chi connectivity index (χ1v) is 8.05. The maximum absolute atomic E-state index is 12.0. The van der Waals surface area contributed by atoms with Gasteiger partial charge in [-0.1, -0.05) is 22.9 Å². The van der Waals surface area contributed by atoms with Crippen molar-refractivity contribution in [1.29, 1.82) is 0 Å². The van der Waals surface area contributed by atoms with Gasteiger partial charge < -0.3 is 15.1 Å². The molecule has 0 spiro atoms. The second-order valence-corrected chi connectivity index (χ2v) is 6.09. The molecule has 0 saturated heterocycles. The van der Waals surface area contributed by atoms with Crippen LogP contribution in [-0.4, -0.2) is 24.4 Å². The molecule has 22 heavy (non-hydrogen) atoms. The third-order valence-corrected chi connectivity index (χ3v) is 3.85. The zero-order chi connectivity index (χ0) is 16.1. The van der Waals surface area contributed by atoms with Crippen LogP contribution in [0.5, 0.6) is 0 Å². The highest BCUT2D eigenvalue weighted by Gasteiger charge is 2.13. The Hall–Kier alpha value is -1.82. The fourth-order valence-electron chi connectivity index (χ4n) is 1.95. The van der Waals surface area contributed by atoms with Gasteiger partial charge in [0.15, 0.2) is 5.76 Å². The van der Waals surface area contributed by atoms with Crippen molar-refractivity contribution in [2.45, 2.75) is 32.7 Å². The van der Waals surface area contributed by atoms with Crippen LogP contribution >= 0.6 is 15.9 Å². The molecule has 2 amide bonds. The van der Waals surface area contributed by atoms with Gasteiger partial charge in [-0.15, -0.1) is 0 Å². The Morgan fingerprint density at radius 2 is 2.09 bits per heavy atom. The van der Waals surface area contributed by atoms with E-state index in [2.05, 4.69) is 26.6 Å². The number of amides is 2. The van der Waals surface area contributed by atoms with Crippen LogP contribution < -0.4 is 10.6 Å². The summed E-state index contributed by atoms with van der Waals surface area (Å²) in [6, 6.07) is 7.38. The number of carbonyl (C=O) groups is 2. The number of fused-ring (bicyclic) bond motifs is 1. The first-order valence-electron chi connectivity index (χ1n) is 7.26. The van der Waals surface area contributed by atoms with Gasteiger partial charge in [-0.2, -0.15) is 0 Å². The van der Waals surface area contributed by atoms with E-state index in [0.717, 1.165) is 16.3 Å². The largest absolute Gasteiger partial charge is 0.451 e. The first-order chi connectivity index (χ1) is 10.5. The summed E-state index contributed by atoms with van der Waals surface area (Å²) in [5.41, 5.74) is 0.655. The molecule has 1 atom stereocenters. The summed E-state index contributed by atoms with van der Waals surface area (Å²) in [4.78, 5) is 23.6. The molecule has 6 heteroatoms. The summed E-state index contributed by atoms with van der Waals surface area (Å²) >= 11 is 3.38. The molecule has 0 bridgehead atoms. The van der Waals surface area contributed by atoms with E-state index in [0.29, 0.717) is 5.58 Å². The van der Waals surface area contributed by atoms with Crippen molar-refractivity contribution in [2.24, 2.45) is 0 Å². The zero-order valence-corrected chi connectivity index (χ0v) is 14.2. The maximum atomic E-state index is 12.0. The predicted octanol–water partition coefficient (Wildman–Crippen LogP) is 3.23. The van der Waals surface area contributed by atoms with Crippen LogP contribution in [0.4, 0.5) is 0 Å². The van der Waals surface area contributed by atoms with Crippen LogP contribution in [0, 0.1) is 0 Å². The molecule has 1 aromatic carbocycles. The normalized spacial score (nSPS) is 12.1. The van der Waals surface area contributed by atoms with E-state index in [-0.39, 0.29) is 36.6 Å². The molecule has 1 aromatic heterocycles. The van der Waals surface area contributed by atoms with Crippen molar-refractivity contribution in [2.75, 3.05) is 6.54 Å². The quantitative estimate of drug-likeness (QED) is 0.824. The van der Waals surface area contributed by atoms with Gasteiger partial charge >= 0.3 is 0 Å². The van der Waals surface area contributed by atoms with E-state index in [4.69, 9.17) is 4.42 Å². The summed E-state index contributed by atoms with van der Waals surface area (Å²) in [6.45, 7) is 4.23. The van der Waals surface area contributed by atoms with Gasteiger partial charge in [0, 0.05) is 28.9 Å². The van der Waals surface area contributed by atoms with E-state index in [1.165, 1.54) is 0 Å². The van der Waals surface area contributed by atoms with Crippen LogP contribution in [0.25, 0.3) is 11.0 Å². The van der Waals surface area contributed by atoms with Crippen LogP contribution in [-0.2, 0) is 4.79 Å². The molecule has 0 radical (unpaired) electrons. The third kappa shape index (κ3) is 4.34. The van der Waals surface area contributed by atoms with Crippen LogP contribution in [0.1, 0.15) is 37.2 Å². The Balaban J connectivity index is 1.87. The van der Waals surface area contributed by atoms with Gasteiger partial charge in [-0.05, 0) is 37.6 Å². The molecule has 0 fully saturated rings. The van der Waals surface area contributed by atoms with Crippen molar-refractivity contribution in [1.82, 2.24) is 10.6 Å². The van der Waals surface area contributed by atoms with Crippen molar-refractivity contribution in [3.8, 4) is 0 Å². The van der Waals surface area contributed by atoms with Gasteiger partial charge in [-0.25, -0.2) is 0 Å². The number of furan rings is 1. The molecule has 1 heterocycles. The summed E-state index contributed by atoms with van der Waals surface area (Å²) in [7, 11) is 0. The van der Waals surface area contributed by atoms with Crippen molar-refractivity contribution in [3.05, 3.63) is 34.5 Å². The second kappa shape index (κ2) is 7.45. The molecular formula is C16H19BrN2O3. The van der Waals surface area contributed by atoms with E-state index < -0.39 is 0 Å². The SMILES string of the molecule is CCC(C)NC(=O)CCNC(=O)c1cc2cc(Br)ccc2o1. The monoisotopic (exact) mass is 366 g/mol. The van der Waals surface area contributed by atoms with Gasteiger partial charge in [0.25, 0.3) is 5.91 Å². The number of carbonyl (C=O) groups excluding carboxylic acids is 2. The number of nitrogens with one attached hydrogen (secondary N) is 2. The maximum Gasteiger partial charge on any atom is 0.287 e. The van der Waals surface area contributed by atoms with Gasteiger partial charge in [0.1, 0.15) is 5.58 Å².